The van der Waals surface area contributed by atoms with Gasteiger partial charge in [0, 0.05) is 25.0 Å². The summed E-state index contributed by atoms with van der Waals surface area (Å²) >= 11 is 0. The van der Waals surface area contributed by atoms with Gasteiger partial charge in [-0.15, -0.1) is 0 Å². The van der Waals surface area contributed by atoms with E-state index in [1.807, 2.05) is 25.3 Å². The molecule has 2 nitrogen and oxygen atoms in total. The van der Waals surface area contributed by atoms with Gasteiger partial charge in [0.05, 0.1) is 0 Å². The molecule has 1 aromatic carbocycles. The lowest BCUT2D eigenvalue weighted by atomic mass is 9.97. The molecule has 0 unspecified atom stereocenters. The summed E-state index contributed by atoms with van der Waals surface area (Å²) in [6, 6.07) is 7.63. The van der Waals surface area contributed by atoms with E-state index in [-0.39, 0.29) is 5.82 Å². The summed E-state index contributed by atoms with van der Waals surface area (Å²) in [4.78, 5) is 4.11. The van der Waals surface area contributed by atoms with Crippen LogP contribution in [0.5, 0.6) is 0 Å². The highest BCUT2D eigenvalue weighted by Gasteiger charge is 2.20. The third-order valence-corrected chi connectivity index (χ3v) is 3.54. The Hall–Kier alpha value is -1.74. The molecule has 0 spiro atoms. The molecule has 2 aromatic rings. The van der Waals surface area contributed by atoms with E-state index in [9.17, 15) is 4.39 Å². The Kier molecular flexibility index (Phi) is 3.30. The van der Waals surface area contributed by atoms with Crippen LogP contribution in [-0.2, 0) is 6.54 Å². The Labute approximate surface area is 112 Å². The van der Waals surface area contributed by atoms with Crippen molar-refractivity contribution < 1.29 is 4.39 Å². The fourth-order valence-corrected chi connectivity index (χ4v) is 2.29. The fraction of sp³-hybridized carbons (Fsp3) is 0.312. The predicted octanol–water partition coefficient (Wildman–Crippen LogP) is 3.45. The van der Waals surface area contributed by atoms with E-state index in [2.05, 4.69) is 10.3 Å². The van der Waals surface area contributed by atoms with Crippen molar-refractivity contribution in [2.75, 3.05) is 0 Å². The highest BCUT2D eigenvalue weighted by atomic mass is 19.1. The average Bonchev–Trinajstić information content (AvgIpc) is 3.22. The highest BCUT2D eigenvalue weighted by Crippen LogP contribution is 2.28. The van der Waals surface area contributed by atoms with Crippen molar-refractivity contribution >= 4 is 0 Å². The maximum atomic E-state index is 13.5. The summed E-state index contributed by atoms with van der Waals surface area (Å²) in [5, 5.41) is 3.45. The van der Waals surface area contributed by atoms with Crippen LogP contribution in [0.3, 0.4) is 0 Å². The van der Waals surface area contributed by atoms with E-state index in [0.717, 1.165) is 28.8 Å². The van der Waals surface area contributed by atoms with Crippen molar-refractivity contribution in [1.82, 2.24) is 10.3 Å². The normalized spacial score (nSPS) is 14.6. The van der Waals surface area contributed by atoms with Crippen LogP contribution in [0.4, 0.5) is 4.39 Å². The third kappa shape index (κ3) is 2.82. The van der Waals surface area contributed by atoms with Crippen LogP contribution in [0.25, 0.3) is 11.1 Å². The second-order valence-electron chi connectivity index (χ2n) is 5.15. The number of halogens is 1. The Bertz CT molecular complexity index is 591. The molecular formula is C16H17FN2. The summed E-state index contributed by atoms with van der Waals surface area (Å²) in [5.41, 5.74) is 4.35. The molecule has 19 heavy (non-hydrogen) atoms. The minimum absolute atomic E-state index is 0.178. The molecule has 1 heterocycles. The molecule has 0 aliphatic heterocycles. The Morgan fingerprint density at radius 1 is 1.26 bits per heavy atom. The summed E-state index contributed by atoms with van der Waals surface area (Å²) in [5.74, 6) is -0.178. The Morgan fingerprint density at radius 2 is 2.11 bits per heavy atom. The molecule has 0 radical (unpaired) electrons. The van der Waals surface area contributed by atoms with Crippen molar-refractivity contribution in [3.8, 4) is 11.1 Å². The number of aryl methyl sites for hydroxylation is 1. The molecule has 0 saturated heterocycles. The van der Waals surface area contributed by atoms with E-state index >= 15 is 0 Å². The lowest BCUT2D eigenvalue weighted by Crippen LogP contribution is -2.16. The molecule has 3 heteroatoms. The maximum Gasteiger partial charge on any atom is 0.123 e. The van der Waals surface area contributed by atoms with Crippen LogP contribution < -0.4 is 5.32 Å². The van der Waals surface area contributed by atoms with Gasteiger partial charge in [0.15, 0.2) is 0 Å². The van der Waals surface area contributed by atoms with E-state index < -0.39 is 0 Å². The van der Waals surface area contributed by atoms with Crippen LogP contribution in [-0.4, -0.2) is 11.0 Å². The summed E-state index contributed by atoms with van der Waals surface area (Å²) in [6.07, 6.45) is 6.10. The Balaban J connectivity index is 1.96. The number of nitrogens with one attached hydrogen (secondary N) is 1. The first-order valence-corrected chi connectivity index (χ1v) is 6.67. The highest BCUT2D eigenvalue weighted by molar-refractivity contribution is 5.70. The van der Waals surface area contributed by atoms with Crippen LogP contribution in [0.2, 0.25) is 0 Å². The number of aromatic nitrogens is 1. The summed E-state index contributed by atoms with van der Waals surface area (Å²) < 4.78 is 13.5. The molecule has 1 aliphatic rings. The van der Waals surface area contributed by atoms with Crippen molar-refractivity contribution in [2.24, 2.45) is 0 Å². The van der Waals surface area contributed by atoms with Gasteiger partial charge in [-0.25, -0.2) is 4.39 Å². The molecule has 1 aliphatic carbocycles. The second kappa shape index (κ2) is 5.10. The predicted molar refractivity (Wildman–Crippen MR) is 74.2 cm³/mol. The first kappa shape index (κ1) is 12.3. The summed E-state index contributed by atoms with van der Waals surface area (Å²) in [6.45, 7) is 2.75. The zero-order valence-electron chi connectivity index (χ0n) is 11.0. The number of hydrogen-bond donors (Lipinski definition) is 1. The quantitative estimate of drug-likeness (QED) is 0.906. The van der Waals surface area contributed by atoms with Gasteiger partial charge in [0.1, 0.15) is 5.82 Å². The molecule has 1 fully saturated rings. The topological polar surface area (TPSA) is 24.9 Å². The van der Waals surface area contributed by atoms with Gasteiger partial charge in [0.25, 0.3) is 0 Å². The van der Waals surface area contributed by atoms with Gasteiger partial charge in [-0.3, -0.25) is 4.98 Å². The molecule has 1 saturated carbocycles. The SMILES string of the molecule is Cc1cnccc1-c1ccc(F)cc1CNC1CC1. The van der Waals surface area contributed by atoms with Gasteiger partial charge in [-0.1, -0.05) is 6.07 Å². The number of hydrogen-bond acceptors (Lipinski definition) is 2. The van der Waals surface area contributed by atoms with Crippen molar-refractivity contribution in [3.05, 3.63) is 53.6 Å². The molecule has 3 rings (SSSR count). The van der Waals surface area contributed by atoms with Crippen LogP contribution >= 0.6 is 0 Å². The van der Waals surface area contributed by atoms with Gasteiger partial charge in [0.2, 0.25) is 0 Å². The smallest absolute Gasteiger partial charge is 0.123 e. The fourth-order valence-electron chi connectivity index (χ4n) is 2.29. The van der Waals surface area contributed by atoms with Gasteiger partial charge >= 0.3 is 0 Å². The monoisotopic (exact) mass is 256 g/mol. The first-order chi connectivity index (χ1) is 9.24. The summed E-state index contributed by atoms with van der Waals surface area (Å²) in [7, 11) is 0. The van der Waals surface area contributed by atoms with Gasteiger partial charge in [-0.05, 0) is 60.2 Å². The van der Waals surface area contributed by atoms with Gasteiger partial charge in [-0.2, -0.15) is 0 Å². The maximum absolute atomic E-state index is 13.5. The molecule has 98 valence electrons. The number of nitrogens with zero attached hydrogens (tertiary/aromatic N) is 1. The zero-order chi connectivity index (χ0) is 13.2. The Morgan fingerprint density at radius 3 is 2.84 bits per heavy atom. The van der Waals surface area contributed by atoms with E-state index in [1.165, 1.54) is 18.9 Å². The average molecular weight is 256 g/mol. The van der Waals surface area contributed by atoms with Crippen molar-refractivity contribution in [3.63, 3.8) is 0 Å². The number of benzene rings is 1. The van der Waals surface area contributed by atoms with Crippen molar-refractivity contribution in [2.45, 2.75) is 32.4 Å². The molecule has 0 atom stereocenters. The molecule has 0 amide bonds. The minimum Gasteiger partial charge on any atom is -0.310 e. The number of pyridine rings is 1. The van der Waals surface area contributed by atoms with Gasteiger partial charge < -0.3 is 5.32 Å². The molecule has 1 aromatic heterocycles. The lowest BCUT2D eigenvalue weighted by Gasteiger charge is -2.12. The number of rotatable bonds is 4. The standard InChI is InChI=1S/C16H17FN2/c1-11-9-18-7-6-15(11)16-5-2-13(17)8-12(16)10-19-14-3-4-14/h2,5-9,14,19H,3-4,10H2,1H3. The van der Waals surface area contributed by atoms with E-state index in [1.54, 1.807) is 12.3 Å². The zero-order valence-corrected chi connectivity index (χ0v) is 11.0. The van der Waals surface area contributed by atoms with Crippen molar-refractivity contribution in [1.29, 1.82) is 0 Å². The van der Waals surface area contributed by atoms with Crippen LogP contribution in [0.15, 0.2) is 36.7 Å². The largest absolute Gasteiger partial charge is 0.310 e. The lowest BCUT2D eigenvalue weighted by molar-refractivity contribution is 0.620. The van der Waals surface area contributed by atoms with Crippen LogP contribution in [0, 0.1) is 12.7 Å². The second-order valence-corrected chi connectivity index (χ2v) is 5.15. The first-order valence-electron chi connectivity index (χ1n) is 6.67. The van der Waals surface area contributed by atoms with Crippen LogP contribution in [0.1, 0.15) is 24.0 Å². The third-order valence-electron chi connectivity index (χ3n) is 3.54. The molecule has 1 N–H and O–H groups in total. The van der Waals surface area contributed by atoms with E-state index in [4.69, 9.17) is 0 Å². The minimum atomic E-state index is -0.178. The van der Waals surface area contributed by atoms with E-state index in [0.29, 0.717) is 6.04 Å². The molecular weight excluding hydrogens is 239 g/mol. The molecule has 0 bridgehead atoms.